The maximum atomic E-state index is 8.76. The fraction of sp³-hybridized carbons (Fsp3) is 0.333. The van der Waals surface area contributed by atoms with Crippen LogP contribution in [0.25, 0.3) is 0 Å². The number of nitrogens with zero attached hydrogens (tertiary/aromatic N) is 2. The number of rotatable bonds is 1. The monoisotopic (exact) mass is 222 g/mol. The van der Waals surface area contributed by atoms with Crippen molar-refractivity contribution < 1.29 is 0 Å². The molecule has 12 heavy (non-hydrogen) atoms. The van der Waals surface area contributed by atoms with Gasteiger partial charge in [0.15, 0.2) is 0 Å². The summed E-state index contributed by atoms with van der Waals surface area (Å²) in [5, 5.41) is 8.76. The van der Waals surface area contributed by atoms with Gasteiger partial charge in [-0.15, -0.1) is 0 Å². The minimum Gasteiger partial charge on any atom is -0.244 e. The van der Waals surface area contributed by atoms with Crippen LogP contribution in [0.15, 0.2) is 16.7 Å². The van der Waals surface area contributed by atoms with Crippen molar-refractivity contribution in [2.45, 2.75) is 18.8 Å². The molecule has 2 nitrogen and oxygen atoms in total. The Morgan fingerprint density at radius 3 is 2.92 bits per heavy atom. The predicted octanol–water partition coefficient (Wildman–Crippen LogP) is 2.59. The molecule has 60 valence electrons. The van der Waals surface area contributed by atoms with E-state index in [0.29, 0.717) is 11.6 Å². The first-order valence-corrected chi connectivity index (χ1v) is 4.66. The molecule has 0 bridgehead atoms. The Morgan fingerprint density at radius 1 is 1.58 bits per heavy atom. The van der Waals surface area contributed by atoms with E-state index in [4.69, 9.17) is 5.26 Å². The van der Waals surface area contributed by atoms with Crippen LogP contribution < -0.4 is 0 Å². The van der Waals surface area contributed by atoms with Crippen LogP contribution in [-0.2, 0) is 0 Å². The molecule has 2 rings (SSSR count). The summed E-state index contributed by atoms with van der Waals surface area (Å²) < 4.78 is 0.961. The lowest BCUT2D eigenvalue weighted by atomic mass is 10.1. The van der Waals surface area contributed by atoms with Gasteiger partial charge in [0.25, 0.3) is 0 Å². The van der Waals surface area contributed by atoms with Crippen molar-refractivity contribution in [3.05, 3.63) is 28.0 Å². The second-order valence-electron chi connectivity index (χ2n) is 2.98. The molecule has 0 radical (unpaired) electrons. The molecular formula is C9H7BrN2. The van der Waals surface area contributed by atoms with E-state index in [1.165, 1.54) is 12.8 Å². The normalized spacial score (nSPS) is 15.7. The molecule has 0 N–H and O–H groups in total. The second kappa shape index (κ2) is 2.87. The minimum absolute atomic E-state index is 0.584. The van der Waals surface area contributed by atoms with Gasteiger partial charge in [0.2, 0.25) is 0 Å². The third kappa shape index (κ3) is 1.35. The van der Waals surface area contributed by atoms with E-state index < -0.39 is 0 Å². The number of hydrogen-bond donors (Lipinski definition) is 0. The van der Waals surface area contributed by atoms with Crippen molar-refractivity contribution in [1.82, 2.24) is 4.98 Å². The molecule has 1 fully saturated rings. The summed E-state index contributed by atoms with van der Waals surface area (Å²) in [5.74, 6) is 0.588. The fourth-order valence-electron chi connectivity index (χ4n) is 1.25. The summed E-state index contributed by atoms with van der Waals surface area (Å²) in [7, 11) is 0. The van der Waals surface area contributed by atoms with Crippen LogP contribution in [0.1, 0.15) is 30.0 Å². The largest absolute Gasteiger partial charge is 0.244 e. The SMILES string of the molecule is N#Cc1ncc(Br)cc1C1CC1. The van der Waals surface area contributed by atoms with Gasteiger partial charge < -0.3 is 0 Å². The van der Waals surface area contributed by atoms with Crippen LogP contribution in [0.2, 0.25) is 0 Å². The van der Waals surface area contributed by atoms with Crippen LogP contribution in [0.4, 0.5) is 0 Å². The fourth-order valence-corrected chi connectivity index (χ4v) is 1.60. The quantitative estimate of drug-likeness (QED) is 0.733. The molecule has 1 aromatic heterocycles. The third-order valence-electron chi connectivity index (χ3n) is 2.01. The molecule has 0 unspecified atom stereocenters. The highest BCUT2D eigenvalue weighted by atomic mass is 79.9. The molecule has 3 heteroatoms. The number of halogens is 1. The van der Waals surface area contributed by atoms with E-state index in [1.807, 2.05) is 6.07 Å². The van der Waals surface area contributed by atoms with E-state index in [1.54, 1.807) is 6.20 Å². The van der Waals surface area contributed by atoms with Crippen LogP contribution in [0.5, 0.6) is 0 Å². The van der Waals surface area contributed by atoms with Gasteiger partial charge in [0, 0.05) is 10.7 Å². The highest BCUT2D eigenvalue weighted by molar-refractivity contribution is 9.10. The number of hydrogen-bond acceptors (Lipinski definition) is 2. The average Bonchev–Trinajstić information content (AvgIpc) is 2.87. The first kappa shape index (κ1) is 7.75. The molecular weight excluding hydrogens is 216 g/mol. The zero-order valence-corrected chi connectivity index (χ0v) is 8.00. The topological polar surface area (TPSA) is 36.7 Å². The van der Waals surface area contributed by atoms with E-state index in [9.17, 15) is 0 Å². The lowest BCUT2D eigenvalue weighted by molar-refractivity contribution is 1.06. The lowest BCUT2D eigenvalue weighted by Crippen LogP contribution is -1.90. The Balaban J connectivity index is 2.48. The Hall–Kier alpha value is -0.880. The Morgan fingerprint density at radius 2 is 2.33 bits per heavy atom. The summed E-state index contributed by atoms with van der Waals surface area (Å²) in [4.78, 5) is 4.05. The molecule has 1 aliphatic carbocycles. The van der Waals surface area contributed by atoms with Crippen LogP contribution in [0.3, 0.4) is 0 Å². The maximum Gasteiger partial charge on any atom is 0.143 e. The van der Waals surface area contributed by atoms with E-state index >= 15 is 0 Å². The van der Waals surface area contributed by atoms with Crippen molar-refractivity contribution in [2.24, 2.45) is 0 Å². The second-order valence-corrected chi connectivity index (χ2v) is 3.89. The summed E-state index contributed by atoms with van der Waals surface area (Å²) in [6, 6.07) is 4.12. The molecule has 0 aliphatic heterocycles. The zero-order valence-electron chi connectivity index (χ0n) is 6.42. The standard InChI is InChI=1S/C9H7BrN2/c10-7-3-8(6-1-2-6)9(4-11)12-5-7/h3,5-6H,1-2H2. The van der Waals surface area contributed by atoms with Gasteiger partial charge in [0.05, 0.1) is 0 Å². The molecule has 0 atom stereocenters. The lowest BCUT2D eigenvalue weighted by Gasteiger charge is -1.99. The van der Waals surface area contributed by atoms with Gasteiger partial charge in [-0.25, -0.2) is 4.98 Å². The molecule has 0 saturated heterocycles. The summed E-state index contributed by atoms with van der Waals surface area (Å²) in [6.45, 7) is 0. The Kier molecular flexibility index (Phi) is 1.86. The molecule has 0 spiro atoms. The maximum absolute atomic E-state index is 8.76. The van der Waals surface area contributed by atoms with Crippen molar-refractivity contribution in [3.63, 3.8) is 0 Å². The van der Waals surface area contributed by atoms with E-state index in [-0.39, 0.29) is 0 Å². The predicted molar refractivity (Wildman–Crippen MR) is 48.6 cm³/mol. The molecule has 1 aromatic rings. The van der Waals surface area contributed by atoms with Gasteiger partial charge in [-0.05, 0) is 46.3 Å². The Labute approximate surface area is 79.4 Å². The Bertz CT molecular complexity index is 350. The molecule has 1 heterocycles. The smallest absolute Gasteiger partial charge is 0.143 e. The molecule has 0 aromatic carbocycles. The highest BCUT2D eigenvalue weighted by Gasteiger charge is 2.26. The number of aromatic nitrogens is 1. The minimum atomic E-state index is 0.584. The average molecular weight is 223 g/mol. The van der Waals surface area contributed by atoms with Crippen LogP contribution in [-0.4, -0.2) is 4.98 Å². The van der Waals surface area contributed by atoms with Crippen molar-refractivity contribution in [1.29, 1.82) is 5.26 Å². The summed E-state index contributed by atoms with van der Waals surface area (Å²) in [5.41, 5.74) is 1.69. The summed E-state index contributed by atoms with van der Waals surface area (Å²) >= 11 is 3.35. The zero-order chi connectivity index (χ0) is 8.55. The summed E-state index contributed by atoms with van der Waals surface area (Å²) in [6.07, 6.45) is 4.07. The van der Waals surface area contributed by atoms with Crippen molar-refractivity contribution in [2.75, 3.05) is 0 Å². The first-order valence-electron chi connectivity index (χ1n) is 3.87. The van der Waals surface area contributed by atoms with E-state index in [0.717, 1.165) is 10.0 Å². The van der Waals surface area contributed by atoms with Crippen LogP contribution in [0, 0.1) is 11.3 Å². The van der Waals surface area contributed by atoms with Crippen molar-refractivity contribution in [3.8, 4) is 6.07 Å². The van der Waals surface area contributed by atoms with E-state index in [2.05, 4.69) is 27.0 Å². The van der Waals surface area contributed by atoms with Gasteiger partial charge in [-0.3, -0.25) is 0 Å². The van der Waals surface area contributed by atoms with Gasteiger partial charge in [-0.2, -0.15) is 5.26 Å². The number of nitriles is 1. The highest BCUT2D eigenvalue weighted by Crippen LogP contribution is 2.41. The number of pyridine rings is 1. The molecule has 0 amide bonds. The molecule has 1 saturated carbocycles. The van der Waals surface area contributed by atoms with Crippen LogP contribution >= 0.6 is 15.9 Å². The van der Waals surface area contributed by atoms with Gasteiger partial charge in [0.1, 0.15) is 11.8 Å². The van der Waals surface area contributed by atoms with Crippen molar-refractivity contribution >= 4 is 15.9 Å². The van der Waals surface area contributed by atoms with Gasteiger partial charge in [-0.1, -0.05) is 0 Å². The molecule has 1 aliphatic rings. The first-order chi connectivity index (χ1) is 5.81. The van der Waals surface area contributed by atoms with Gasteiger partial charge >= 0.3 is 0 Å². The third-order valence-corrected chi connectivity index (χ3v) is 2.44.